The molecule has 11 heteroatoms. The van der Waals surface area contributed by atoms with Crippen LogP contribution < -0.4 is 15.4 Å². The first-order valence-electron chi connectivity index (χ1n) is 9.13. The number of fused-ring (bicyclic) bond motifs is 1. The summed E-state index contributed by atoms with van der Waals surface area (Å²) in [4.78, 5) is 10.4. The molecule has 1 aromatic heterocycles. The minimum atomic E-state index is -4.20. The van der Waals surface area contributed by atoms with Crippen molar-refractivity contribution in [3.63, 3.8) is 0 Å². The van der Waals surface area contributed by atoms with Crippen LogP contribution in [0.2, 0.25) is 0 Å². The van der Waals surface area contributed by atoms with Crippen LogP contribution in [0, 0.1) is 5.92 Å². The zero-order chi connectivity index (χ0) is 20.8. The summed E-state index contributed by atoms with van der Waals surface area (Å²) in [6.45, 7) is 0.664. The normalized spacial score (nSPS) is 30.6. The third-order valence-corrected chi connectivity index (χ3v) is 6.02. The fraction of sp³-hybridized carbons (Fsp3) is 0.444. The van der Waals surface area contributed by atoms with E-state index in [4.69, 9.17) is 5.14 Å². The van der Waals surface area contributed by atoms with Gasteiger partial charge in [-0.3, -0.25) is 4.18 Å². The maximum Gasteiger partial charge on any atom is 0.333 e. The van der Waals surface area contributed by atoms with Crippen LogP contribution in [0.3, 0.4) is 0 Å². The minimum Gasteiger partial charge on any atom is -0.388 e. The smallest absolute Gasteiger partial charge is 0.333 e. The van der Waals surface area contributed by atoms with Crippen molar-refractivity contribution >= 4 is 21.9 Å². The number of hydrogen-bond acceptors (Lipinski definition) is 9. The largest absolute Gasteiger partial charge is 0.388 e. The predicted molar refractivity (Wildman–Crippen MR) is 105 cm³/mol. The summed E-state index contributed by atoms with van der Waals surface area (Å²) in [6, 6.07) is 11.2. The molecular formula is C18H23N5O5S. The van der Waals surface area contributed by atoms with Gasteiger partial charge < -0.3 is 20.4 Å². The van der Waals surface area contributed by atoms with Crippen LogP contribution in [0.4, 0.5) is 11.6 Å². The van der Waals surface area contributed by atoms with E-state index in [2.05, 4.69) is 19.5 Å². The number of rotatable bonds is 7. The van der Waals surface area contributed by atoms with Crippen LogP contribution in [0.25, 0.3) is 0 Å². The third kappa shape index (κ3) is 3.91. The van der Waals surface area contributed by atoms with Crippen molar-refractivity contribution in [3.05, 3.63) is 48.3 Å². The molecule has 0 radical (unpaired) electrons. The molecule has 5 atom stereocenters. The molecule has 5 N–H and O–H groups in total. The molecule has 2 aliphatic rings. The first-order valence-corrected chi connectivity index (χ1v) is 10.6. The number of aromatic nitrogens is 2. The van der Waals surface area contributed by atoms with Crippen molar-refractivity contribution < 1.29 is 22.8 Å². The first kappa shape index (κ1) is 20.0. The van der Waals surface area contributed by atoms with E-state index in [0.717, 1.165) is 5.56 Å². The lowest BCUT2D eigenvalue weighted by atomic mass is 10.1. The van der Waals surface area contributed by atoms with E-state index in [1.165, 1.54) is 6.33 Å². The Morgan fingerprint density at radius 2 is 2.07 bits per heavy atom. The number of nitrogens with zero attached hydrogens (tertiary/aromatic N) is 3. The van der Waals surface area contributed by atoms with Crippen LogP contribution in [0.1, 0.15) is 12.0 Å². The highest BCUT2D eigenvalue weighted by molar-refractivity contribution is 7.84. The van der Waals surface area contributed by atoms with Gasteiger partial charge in [-0.2, -0.15) is 8.42 Å². The number of anilines is 2. The molecule has 0 saturated heterocycles. The number of hydrogen-bond donors (Lipinski definition) is 4. The van der Waals surface area contributed by atoms with Crippen LogP contribution >= 0.6 is 0 Å². The van der Waals surface area contributed by atoms with E-state index < -0.39 is 40.1 Å². The molecule has 0 amide bonds. The van der Waals surface area contributed by atoms with Gasteiger partial charge in [-0.1, -0.05) is 30.3 Å². The van der Waals surface area contributed by atoms with E-state index in [-0.39, 0.29) is 0 Å². The Hall–Kier alpha value is -2.31. The molecule has 0 bridgehead atoms. The topological polar surface area (TPSA) is 151 Å². The Kier molecular flexibility index (Phi) is 4.95. The standard InChI is InChI=1S/C18H23N5O5S/c1-23(9-11-5-3-2-4-6-11)15-8-14(20-10-21-15)22-13-7-12-17(28-29(19,26)27)18(12,25)16(13)24/h2-6,8,10,12-13,16-17,24-25H,7,9H2,1H3,(H2,19,26,27)(H,20,21,22)/t12-,13-,16+,17?,18-/m1/s1. The fourth-order valence-corrected chi connectivity index (χ4v) is 4.62. The van der Waals surface area contributed by atoms with Gasteiger partial charge in [0.15, 0.2) is 0 Å². The molecule has 2 fully saturated rings. The highest BCUT2D eigenvalue weighted by Crippen LogP contribution is 2.58. The van der Waals surface area contributed by atoms with Crippen LogP contribution in [0.5, 0.6) is 0 Å². The molecule has 1 heterocycles. The fourth-order valence-electron chi connectivity index (χ4n) is 4.05. The lowest BCUT2D eigenvalue weighted by Gasteiger charge is -2.25. The zero-order valence-corrected chi connectivity index (χ0v) is 16.5. The summed E-state index contributed by atoms with van der Waals surface area (Å²) in [6.07, 6.45) is -0.511. The summed E-state index contributed by atoms with van der Waals surface area (Å²) in [5.41, 5.74) is -0.498. The van der Waals surface area contributed by atoms with Crippen LogP contribution in [-0.4, -0.2) is 59.5 Å². The Bertz CT molecular complexity index is 991. The van der Waals surface area contributed by atoms with Gasteiger partial charge in [0.2, 0.25) is 0 Å². The number of nitrogens with two attached hydrogens (primary N) is 1. The number of nitrogens with one attached hydrogen (secondary N) is 1. The second kappa shape index (κ2) is 7.18. The van der Waals surface area contributed by atoms with Crippen molar-refractivity contribution in [1.82, 2.24) is 9.97 Å². The summed E-state index contributed by atoms with van der Waals surface area (Å²) < 4.78 is 26.9. The van der Waals surface area contributed by atoms with E-state index in [0.29, 0.717) is 24.6 Å². The molecule has 0 spiro atoms. The summed E-state index contributed by atoms with van der Waals surface area (Å²) >= 11 is 0. The number of benzene rings is 1. The third-order valence-electron chi connectivity index (χ3n) is 5.55. The number of aliphatic hydroxyl groups excluding tert-OH is 1. The maximum atomic E-state index is 11.1. The Labute approximate surface area is 168 Å². The summed E-state index contributed by atoms with van der Waals surface area (Å²) in [5.74, 6) is 0.668. The van der Waals surface area contributed by atoms with Crippen molar-refractivity contribution in [1.29, 1.82) is 0 Å². The zero-order valence-electron chi connectivity index (χ0n) is 15.7. The van der Waals surface area contributed by atoms with Crippen LogP contribution in [-0.2, 0) is 21.0 Å². The van der Waals surface area contributed by atoms with E-state index in [1.54, 1.807) is 6.07 Å². The summed E-state index contributed by atoms with van der Waals surface area (Å²) in [7, 11) is -2.29. The lowest BCUT2D eigenvalue weighted by Crippen LogP contribution is -2.43. The highest BCUT2D eigenvalue weighted by Gasteiger charge is 2.76. The molecular weight excluding hydrogens is 398 g/mol. The van der Waals surface area contributed by atoms with E-state index >= 15 is 0 Å². The highest BCUT2D eigenvalue weighted by atomic mass is 32.2. The molecule has 4 rings (SSSR count). The monoisotopic (exact) mass is 421 g/mol. The van der Waals surface area contributed by atoms with E-state index in [1.807, 2.05) is 42.3 Å². The van der Waals surface area contributed by atoms with Gasteiger partial charge >= 0.3 is 10.3 Å². The maximum absolute atomic E-state index is 11.1. The second-order valence-electron chi connectivity index (χ2n) is 7.54. The van der Waals surface area contributed by atoms with Crippen molar-refractivity contribution in [2.75, 3.05) is 17.3 Å². The van der Waals surface area contributed by atoms with Gasteiger partial charge in [0.1, 0.15) is 35.8 Å². The molecule has 156 valence electrons. The van der Waals surface area contributed by atoms with Gasteiger partial charge in [-0.15, -0.1) is 0 Å². The lowest BCUT2D eigenvalue weighted by molar-refractivity contribution is -0.0205. The molecule has 2 aliphatic carbocycles. The van der Waals surface area contributed by atoms with Gasteiger partial charge in [-0.25, -0.2) is 15.1 Å². The molecule has 2 aromatic rings. The Morgan fingerprint density at radius 3 is 2.69 bits per heavy atom. The Morgan fingerprint density at radius 1 is 1.34 bits per heavy atom. The van der Waals surface area contributed by atoms with E-state index in [9.17, 15) is 18.6 Å². The quantitative estimate of drug-likeness (QED) is 0.468. The van der Waals surface area contributed by atoms with Gasteiger partial charge in [0, 0.05) is 25.6 Å². The van der Waals surface area contributed by atoms with Crippen molar-refractivity contribution in [2.24, 2.45) is 11.1 Å². The minimum absolute atomic E-state index is 0.317. The van der Waals surface area contributed by atoms with Gasteiger partial charge in [0.05, 0.1) is 6.04 Å². The SMILES string of the molecule is CN(Cc1ccccc1)c1cc(N[C@@H]2C[C@@H]3C(OS(N)(=O)=O)[C@]3(O)[C@H]2O)ncn1. The first-order chi connectivity index (χ1) is 13.7. The summed E-state index contributed by atoms with van der Waals surface area (Å²) in [5, 5.41) is 29.0. The molecule has 0 aliphatic heterocycles. The number of aliphatic hydroxyl groups is 2. The van der Waals surface area contributed by atoms with Crippen molar-refractivity contribution in [2.45, 2.75) is 36.8 Å². The predicted octanol–water partition coefficient (Wildman–Crippen LogP) is -0.392. The van der Waals surface area contributed by atoms with Gasteiger partial charge in [-0.05, 0) is 12.0 Å². The molecule has 1 unspecified atom stereocenters. The van der Waals surface area contributed by atoms with Gasteiger partial charge in [0.25, 0.3) is 0 Å². The molecule has 2 saturated carbocycles. The average molecular weight is 421 g/mol. The second-order valence-corrected chi connectivity index (χ2v) is 8.72. The van der Waals surface area contributed by atoms with Crippen molar-refractivity contribution in [3.8, 4) is 0 Å². The molecule has 1 aromatic carbocycles. The average Bonchev–Trinajstić information content (AvgIpc) is 3.11. The van der Waals surface area contributed by atoms with Crippen LogP contribution in [0.15, 0.2) is 42.7 Å². The molecule has 29 heavy (non-hydrogen) atoms. The Balaban J connectivity index is 1.41. The molecule has 10 nitrogen and oxygen atoms in total.